The lowest BCUT2D eigenvalue weighted by Gasteiger charge is -2.25. The Balaban J connectivity index is 2.69. The maximum Gasteiger partial charge on any atom is 0.0972 e. The van der Waals surface area contributed by atoms with Crippen LogP contribution in [-0.2, 0) is 23.8 Å². The van der Waals surface area contributed by atoms with E-state index in [2.05, 4.69) is 29.8 Å². The van der Waals surface area contributed by atoms with Gasteiger partial charge in [-0.3, -0.25) is 0 Å². The molecule has 0 fully saturated rings. The summed E-state index contributed by atoms with van der Waals surface area (Å²) < 4.78 is 15.7. The van der Waals surface area contributed by atoms with Gasteiger partial charge < -0.3 is 5.11 Å². The average Bonchev–Trinajstić information content (AvgIpc) is 2.59. The molecule has 4 heteroatoms. The highest BCUT2D eigenvalue weighted by atomic mass is 32.2. The minimum Gasteiger partial charge on any atom is -0.396 e. The smallest absolute Gasteiger partial charge is 0.0972 e. The molecule has 0 bridgehead atoms. The number of aliphatic hydroxyl groups is 1. The second kappa shape index (κ2) is 12.6. The van der Waals surface area contributed by atoms with E-state index in [-0.39, 0.29) is 17.4 Å². The zero-order valence-corrected chi connectivity index (χ0v) is 18.0. The second-order valence-electron chi connectivity index (χ2n) is 8.20. The van der Waals surface area contributed by atoms with Crippen LogP contribution in [0.15, 0.2) is 24.3 Å². The fourth-order valence-corrected chi connectivity index (χ4v) is 3.95. The summed E-state index contributed by atoms with van der Waals surface area (Å²) >= 11 is 0. The highest BCUT2D eigenvalue weighted by molar-refractivity contribution is 7.84. The van der Waals surface area contributed by atoms with Crippen LogP contribution >= 0.6 is 0 Å². The SMILES string of the molecule is CCCCCCCC[C@@H](Cc1ccccc1CCO)N[S@](=O)C(C)(C)C. The molecule has 0 unspecified atom stereocenters. The Kier molecular flexibility index (Phi) is 11.3. The fraction of sp³-hybridized carbons (Fsp3) is 0.727. The zero-order chi connectivity index (χ0) is 19.4. The van der Waals surface area contributed by atoms with Gasteiger partial charge in [-0.05, 0) is 51.2 Å². The summed E-state index contributed by atoms with van der Waals surface area (Å²) in [6.45, 7) is 8.44. The van der Waals surface area contributed by atoms with E-state index in [1.54, 1.807) is 0 Å². The molecule has 0 radical (unpaired) electrons. The molecule has 0 saturated carbocycles. The van der Waals surface area contributed by atoms with E-state index < -0.39 is 11.0 Å². The van der Waals surface area contributed by atoms with Crippen molar-refractivity contribution in [3.8, 4) is 0 Å². The van der Waals surface area contributed by atoms with Crippen molar-refractivity contribution < 1.29 is 9.32 Å². The molecule has 1 aromatic carbocycles. The van der Waals surface area contributed by atoms with Crippen molar-refractivity contribution in [2.45, 2.75) is 96.3 Å². The number of hydrogen-bond donors (Lipinski definition) is 2. The zero-order valence-electron chi connectivity index (χ0n) is 17.2. The summed E-state index contributed by atoms with van der Waals surface area (Å²) in [4.78, 5) is 0. The van der Waals surface area contributed by atoms with Crippen molar-refractivity contribution in [1.29, 1.82) is 0 Å². The van der Waals surface area contributed by atoms with Crippen molar-refractivity contribution in [2.24, 2.45) is 0 Å². The minimum atomic E-state index is -1.06. The van der Waals surface area contributed by atoms with E-state index in [1.807, 2.05) is 26.8 Å². The van der Waals surface area contributed by atoms with Gasteiger partial charge in [0.05, 0.1) is 15.7 Å². The van der Waals surface area contributed by atoms with E-state index in [1.165, 1.54) is 49.7 Å². The molecule has 26 heavy (non-hydrogen) atoms. The molecule has 0 spiro atoms. The lowest BCUT2D eigenvalue weighted by molar-refractivity contribution is 0.299. The van der Waals surface area contributed by atoms with Crippen LogP contribution in [0.4, 0.5) is 0 Å². The first kappa shape index (κ1) is 23.3. The van der Waals surface area contributed by atoms with Gasteiger partial charge in [0.1, 0.15) is 0 Å². The molecule has 1 aromatic rings. The topological polar surface area (TPSA) is 49.3 Å². The van der Waals surface area contributed by atoms with Gasteiger partial charge in [-0.2, -0.15) is 0 Å². The summed E-state index contributed by atoms with van der Waals surface area (Å²) in [7, 11) is -1.06. The summed E-state index contributed by atoms with van der Waals surface area (Å²) in [5, 5.41) is 9.31. The summed E-state index contributed by atoms with van der Waals surface area (Å²) in [5.74, 6) is 0. The second-order valence-corrected chi connectivity index (χ2v) is 10.2. The van der Waals surface area contributed by atoms with E-state index in [0.29, 0.717) is 6.42 Å². The molecule has 0 aliphatic rings. The third kappa shape index (κ3) is 9.29. The molecule has 0 heterocycles. The highest BCUT2D eigenvalue weighted by Gasteiger charge is 2.23. The number of nitrogens with one attached hydrogen (secondary N) is 1. The lowest BCUT2D eigenvalue weighted by Crippen LogP contribution is -2.41. The van der Waals surface area contributed by atoms with Gasteiger partial charge in [0, 0.05) is 12.6 Å². The van der Waals surface area contributed by atoms with Crippen LogP contribution in [-0.4, -0.2) is 26.7 Å². The first-order valence-electron chi connectivity index (χ1n) is 10.2. The summed E-state index contributed by atoms with van der Waals surface area (Å²) in [5.41, 5.74) is 2.46. The largest absolute Gasteiger partial charge is 0.396 e. The molecule has 0 amide bonds. The maximum atomic E-state index is 12.6. The molecule has 0 aliphatic carbocycles. The molecule has 150 valence electrons. The Hall–Kier alpha value is -0.710. The molecule has 0 aliphatic heterocycles. The van der Waals surface area contributed by atoms with Gasteiger partial charge in [0.2, 0.25) is 0 Å². The van der Waals surface area contributed by atoms with Crippen LogP contribution < -0.4 is 4.72 Å². The maximum absolute atomic E-state index is 12.6. The molecule has 2 N–H and O–H groups in total. The van der Waals surface area contributed by atoms with E-state index in [4.69, 9.17) is 0 Å². The fourth-order valence-electron chi connectivity index (χ4n) is 3.09. The van der Waals surface area contributed by atoms with Gasteiger partial charge in [-0.1, -0.05) is 69.7 Å². The lowest BCUT2D eigenvalue weighted by atomic mass is 9.96. The average molecular weight is 382 g/mol. The van der Waals surface area contributed by atoms with Crippen LogP contribution in [0, 0.1) is 0 Å². The molecule has 0 saturated heterocycles. The van der Waals surface area contributed by atoms with Crippen molar-refractivity contribution in [1.82, 2.24) is 4.72 Å². The van der Waals surface area contributed by atoms with Gasteiger partial charge in [0.15, 0.2) is 0 Å². The number of aliphatic hydroxyl groups excluding tert-OH is 1. The minimum absolute atomic E-state index is 0.167. The van der Waals surface area contributed by atoms with Gasteiger partial charge >= 0.3 is 0 Å². The molecule has 0 aromatic heterocycles. The molecular formula is C22H39NO2S. The molecule has 2 atom stereocenters. The van der Waals surface area contributed by atoms with Crippen LogP contribution in [0.2, 0.25) is 0 Å². The summed E-state index contributed by atoms with van der Waals surface area (Å²) in [6, 6.07) is 8.52. The van der Waals surface area contributed by atoms with Crippen molar-refractivity contribution in [2.75, 3.05) is 6.61 Å². The third-order valence-electron chi connectivity index (χ3n) is 4.70. The van der Waals surface area contributed by atoms with E-state index >= 15 is 0 Å². The first-order valence-corrected chi connectivity index (χ1v) is 11.4. The standard InChI is InChI=1S/C22H39NO2S/c1-5-6-7-8-9-10-15-21(23-26(25)22(2,3)4)18-20-14-12-11-13-19(20)16-17-24/h11-14,21,23-24H,5-10,15-18H2,1-4H3/t21-,26+/m0/s1. The molecule has 1 rings (SSSR count). The number of benzene rings is 1. The number of unbranched alkanes of at least 4 members (excludes halogenated alkanes) is 5. The van der Waals surface area contributed by atoms with Crippen molar-refractivity contribution in [3.63, 3.8) is 0 Å². The van der Waals surface area contributed by atoms with Crippen LogP contribution in [0.3, 0.4) is 0 Å². The van der Waals surface area contributed by atoms with Gasteiger partial charge in [0.25, 0.3) is 0 Å². The highest BCUT2D eigenvalue weighted by Crippen LogP contribution is 2.18. The van der Waals surface area contributed by atoms with Gasteiger partial charge in [-0.15, -0.1) is 0 Å². The Morgan fingerprint density at radius 3 is 2.27 bits per heavy atom. The van der Waals surface area contributed by atoms with Gasteiger partial charge in [-0.25, -0.2) is 8.93 Å². The van der Waals surface area contributed by atoms with Crippen molar-refractivity contribution >= 4 is 11.0 Å². The van der Waals surface area contributed by atoms with Crippen LogP contribution in [0.1, 0.15) is 83.8 Å². The third-order valence-corrected chi connectivity index (χ3v) is 6.36. The van der Waals surface area contributed by atoms with Crippen molar-refractivity contribution in [3.05, 3.63) is 35.4 Å². The van der Waals surface area contributed by atoms with Crippen LogP contribution in [0.25, 0.3) is 0 Å². The predicted octanol–water partition coefficient (Wildman–Crippen LogP) is 4.93. The Labute approximate surface area is 163 Å². The molecule has 3 nitrogen and oxygen atoms in total. The predicted molar refractivity (Wildman–Crippen MR) is 114 cm³/mol. The van der Waals surface area contributed by atoms with Crippen LogP contribution in [0.5, 0.6) is 0 Å². The quantitative estimate of drug-likeness (QED) is 0.476. The first-order chi connectivity index (χ1) is 12.4. The summed E-state index contributed by atoms with van der Waals surface area (Å²) in [6.07, 6.45) is 10.2. The Bertz CT molecular complexity index is 525. The monoisotopic (exact) mass is 381 g/mol. The van der Waals surface area contributed by atoms with E-state index in [0.717, 1.165) is 12.8 Å². The normalized spacial score (nSPS) is 14.3. The Morgan fingerprint density at radius 2 is 1.65 bits per heavy atom. The molecular weight excluding hydrogens is 342 g/mol. The Morgan fingerprint density at radius 1 is 1.04 bits per heavy atom. The van der Waals surface area contributed by atoms with E-state index in [9.17, 15) is 9.32 Å². The number of hydrogen-bond acceptors (Lipinski definition) is 2. The number of rotatable bonds is 13.